The molecule has 0 aliphatic carbocycles. The zero-order valence-electron chi connectivity index (χ0n) is 23.2. The van der Waals surface area contributed by atoms with Gasteiger partial charge in [-0.1, -0.05) is 72.4 Å². The Hall–Kier alpha value is -2.88. The molecule has 2 saturated heterocycles. The molecule has 3 aromatic rings. The van der Waals surface area contributed by atoms with Gasteiger partial charge in [-0.2, -0.15) is 0 Å². The van der Waals surface area contributed by atoms with Gasteiger partial charge in [0.2, 0.25) is 0 Å². The standard InChI is InChI=1S/C32H36O7S/c1-32(2,3)31(33)39-28-27(35-19-21-15-17-23(34-4)18-16-21)26-25(37-30(28)40-24-13-9-6-10-14-24)20-36-29(38-26)22-11-7-5-8-12-22/h5-18,25-30H,19-20H2,1-4H3/t25-,26+,27+,28-,29?,30+/m1/s1. The van der Waals surface area contributed by atoms with E-state index in [0.717, 1.165) is 21.8 Å². The number of rotatable bonds is 8. The minimum absolute atomic E-state index is 0.296. The smallest absolute Gasteiger partial charge is 0.311 e. The van der Waals surface area contributed by atoms with Crippen molar-refractivity contribution < 1.29 is 33.2 Å². The van der Waals surface area contributed by atoms with Crippen molar-refractivity contribution in [1.29, 1.82) is 0 Å². The fourth-order valence-electron chi connectivity index (χ4n) is 4.58. The Labute approximate surface area is 240 Å². The highest BCUT2D eigenvalue weighted by Crippen LogP contribution is 2.42. The van der Waals surface area contributed by atoms with Gasteiger partial charge in [0.15, 0.2) is 12.4 Å². The first-order valence-corrected chi connectivity index (χ1v) is 14.3. The molecule has 2 aliphatic heterocycles. The first-order valence-electron chi connectivity index (χ1n) is 13.5. The number of thioether (sulfide) groups is 1. The molecule has 0 spiro atoms. The van der Waals surface area contributed by atoms with E-state index in [1.165, 1.54) is 11.8 Å². The molecule has 0 aromatic heterocycles. The molecule has 5 rings (SSSR count). The van der Waals surface area contributed by atoms with E-state index in [-0.39, 0.29) is 5.97 Å². The number of carbonyl (C=O) groups excluding carboxylic acids is 1. The average Bonchev–Trinajstić information content (AvgIpc) is 2.97. The normalized spacial score (nSPS) is 26.5. The van der Waals surface area contributed by atoms with Gasteiger partial charge in [-0.3, -0.25) is 4.79 Å². The van der Waals surface area contributed by atoms with Gasteiger partial charge >= 0.3 is 5.97 Å². The second kappa shape index (κ2) is 12.7. The molecule has 1 unspecified atom stereocenters. The number of esters is 1. The van der Waals surface area contributed by atoms with Gasteiger partial charge in [0, 0.05) is 10.5 Å². The molecule has 2 heterocycles. The van der Waals surface area contributed by atoms with Gasteiger partial charge in [-0.15, -0.1) is 0 Å². The van der Waals surface area contributed by atoms with E-state index in [1.54, 1.807) is 7.11 Å². The van der Waals surface area contributed by atoms with E-state index in [9.17, 15) is 4.79 Å². The van der Waals surface area contributed by atoms with Crippen LogP contribution in [0.4, 0.5) is 0 Å². The van der Waals surface area contributed by atoms with Crippen LogP contribution < -0.4 is 4.74 Å². The van der Waals surface area contributed by atoms with Crippen molar-refractivity contribution in [2.24, 2.45) is 5.41 Å². The van der Waals surface area contributed by atoms with Crippen LogP contribution >= 0.6 is 11.8 Å². The molecule has 0 saturated carbocycles. The molecule has 0 bridgehead atoms. The Morgan fingerprint density at radius 2 is 1.57 bits per heavy atom. The quantitative estimate of drug-likeness (QED) is 0.301. The molecular formula is C32H36O7S. The lowest BCUT2D eigenvalue weighted by atomic mass is 9.95. The number of hydrogen-bond donors (Lipinski definition) is 0. The van der Waals surface area contributed by atoms with Crippen molar-refractivity contribution in [3.8, 4) is 5.75 Å². The number of carbonyl (C=O) groups is 1. The lowest BCUT2D eigenvalue weighted by molar-refractivity contribution is -0.326. The Bertz CT molecular complexity index is 1230. The predicted molar refractivity (Wildman–Crippen MR) is 152 cm³/mol. The number of hydrogen-bond acceptors (Lipinski definition) is 8. The molecule has 2 aliphatic rings. The van der Waals surface area contributed by atoms with Crippen molar-refractivity contribution in [1.82, 2.24) is 0 Å². The van der Waals surface area contributed by atoms with E-state index in [0.29, 0.717) is 13.2 Å². The van der Waals surface area contributed by atoms with Gasteiger partial charge in [0.25, 0.3) is 0 Å². The number of methoxy groups -OCH3 is 1. The lowest BCUT2D eigenvalue weighted by Gasteiger charge is -2.49. The molecule has 0 radical (unpaired) electrons. The van der Waals surface area contributed by atoms with Gasteiger partial charge in [0.05, 0.1) is 25.7 Å². The highest BCUT2D eigenvalue weighted by Gasteiger charge is 2.53. The summed E-state index contributed by atoms with van der Waals surface area (Å²) in [4.78, 5) is 14.2. The van der Waals surface area contributed by atoms with Crippen LogP contribution in [0.3, 0.4) is 0 Å². The maximum absolute atomic E-state index is 13.2. The van der Waals surface area contributed by atoms with Gasteiger partial charge in [0.1, 0.15) is 29.5 Å². The molecule has 0 N–H and O–H groups in total. The second-order valence-electron chi connectivity index (χ2n) is 10.9. The fourth-order valence-corrected chi connectivity index (χ4v) is 5.71. The summed E-state index contributed by atoms with van der Waals surface area (Å²) >= 11 is 1.50. The van der Waals surface area contributed by atoms with Crippen LogP contribution in [0.25, 0.3) is 0 Å². The van der Waals surface area contributed by atoms with Gasteiger partial charge < -0.3 is 28.4 Å². The zero-order valence-corrected chi connectivity index (χ0v) is 24.0. The first-order chi connectivity index (χ1) is 19.3. The van der Waals surface area contributed by atoms with Crippen LogP contribution in [0.15, 0.2) is 89.8 Å². The summed E-state index contributed by atoms with van der Waals surface area (Å²) in [7, 11) is 1.64. The Morgan fingerprint density at radius 1 is 0.900 bits per heavy atom. The van der Waals surface area contributed by atoms with E-state index >= 15 is 0 Å². The summed E-state index contributed by atoms with van der Waals surface area (Å²) < 4.78 is 37.3. The summed E-state index contributed by atoms with van der Waals surface area (Å²) in [6.07, 6.45) is -2.86. The first kappa shape index (κ1) is 28.6. The van der Waals surface area contributed by atoms with Crippen molar-refractivity contribution in [2.75, 3.05) is 13.7 Å². The molecular weight excluding hydrogens is 528 g/mol. The summed E-state index contributed by atoms with van der Waals surface area (Å²) in [5.74, 6) is 0.438. The van der Waals surface area contributed by atoms with Crippen molar-refractivity contribution in [2.45, 2.75) is 68.4 Å². The van der Waals surface area contributed by atoms with Crippen molar-refractivity contribution in [3.63, 3.8) is 0 Å². The molecule has 6 atom stereocenters. The van der Waals surface area contributed by atoms with Crippen LogP contribution in [0, 0.1) is 5.41 Å². The summed E-state index contributed by atoms with van der Waals surface area (Å²) in [6, 6.07) is 27.4. The third-order valence-electron chi connectivity index (χ3n) is 6.81. The summed E-state index contributed by atoms with van der Waals surface area (Å²) in [6.45, 7) is 6.13. The molecule has 0 amide bonds. The van der Waals surface area contributed by atoms with Crippen molar-refractivity contribution >= 4 is 17.7 Å². The third-order valence-corrected chi connectivity index (χ3v) is 7.96. The molecule has 8 heteroatoms. The maximum Gasteiger partial charge on any atom is 0.311 e. The second-order valence-corrected chi connectivity index (χ2v) is 12.1. The molecule has 212 valence electrons. The largest absolute Gasteiger partial charge is 0.497 e. The van der Waals surface area contributed by atoms with Gasteiger partial charge in [-0.25, -0.2) is 0 Å². The highest BCUT2D eigenvalue weighted by molar-refractivity contribution is 7.99. The maximum atomic E-state index is 13.2. The number of benzene rings is 3. The van der Waals surface area contributed by atoms with E-state index in [1.807, 2.05) is 106 Å². The van der Waals surface area contributed by atoms with Crippen molar-refractivity contribution in [3.05, 3.63) is 96.1 Å². The van der Waals surface area contributed by atoms with Crippen LogP contribution in [0.5, 0.6) is 5.75 Å². The SMILES string of the molecule is COc1ccc(CO[C@H]2[C@H]3OC(c4ccccc4)OC[C@H]3O[C@@H](Sc3ccccc3)[C@@H]2OC(=O)C(C)(C)C)cc1. The van der Waals surface area contributed by atoms with E-state index in [2.05, 4.69) is 0 Å². The monoisotopic (exact) mass is 564 g/mol. The summed E-state index contributed by atoms with van der Waals surface area (Å²) in [5.41, 5.74) is 0.626. The fraction of sp³-hybridized carbons (Fsp3) is 0.406. The minimum Gasteiger partial charge on any atom is -0.497 e. The average molecular weight is 565 g/mol. The molecule has 2 fully saturated rings. The Morgan fingerprint density at radius 3 is 2.23 bits per heavy atom. The molecule has 3 aromatic carbocycles. The topological polar surface area (TPSA) is 72.5 Å². The lowest BCUT2D eigenvalue weighted by Crippen LogP contribution is -2.63. The molecule has 7 nitrogen and oxygen atoms in total. The third kappa shape index (κ3) is 6.87. The molecule has 40 heavy (non-hydrogen) atoms. The van der Waals surface area contributed by atoms with Crippen LogP contribution in [0.2, 0.25) is 0 Å². The Kier molecular flexibility index (Phi) is 9.13. The summed E-state index contributed by atoms with van der Waals surface area (Å²) in [5, 5.41) is 0. The zero-order chi connectivity index (χ0) is 28.1. The highest BCUT2D eigenvalue weighted by atomic mass is 32.2. The number of fused-ring (bicyclic) bond motifs is 1. The van der Waals surface area contributed by atoms with Crippen LogP contribution in [-0.2, 0) is 35.1 Å². The minimum atomic E-state index is -0.731. The van der Waals surface area contributed by atoms with E-state index < -0.39 is 41.6 Å². The van der Waals surface area contributed by atoms with E-state index in [4.69, 9.17) is 28.4 Å². The predicted octanol–water partition coefficient (Wildman–Crippen LogP) is 6.17. The van der Waals surface area contributed by atoms with Gasteiger partial charge in [-0.05, 0) is 50.6 Å². The Balaban J connectivity index is 1.46. The van der Waals surface area contributed by atoms with Crippen LogP contribution in [-0.4, -0.2) is 49.5 Å². The number of ether oxygens (including phenoxy) is 6. The van der Waals surface area contributed by atoms with Crippen LogP contribution in [0.1, 0.15) is 38.2 Å².